The van der Waals surface area contributed by atoms with Crippen molar-refractivity contribution < 1.29 is 28.7 Å². The first-order chi connectivity index (χ1) is 32.2. The number of rotatable bonds is 16. The van der Waals surface area contributed by atoms with Crippen LogP contribution in [-0.2, 0) is 19.4 Å². The molecule has 2 aliphatic rings. The molecule has 9 rings (SSSR count). The van der Waals surface area contributed by atoms with Crippen molar-refractivity contribution in [2.75, 3.05) is 19.7 Å². The maximum absolute atomic E-state index is 10.2. The van der Waals surface area contributed by atoms with Crippen LogP contribution in [0.25, 0.3) is 50.5 Å². The van der Waals surface area contributed by atoms with Gasteiger partial charge in [-0.2, -0.15) is 15.2 Å². The average Bonchev–Trinajstić information content (AvgIpc) is 4.18. The number of hydrogen-bond donors (Lipinski definition) is 4. The quantitative estimate of drug-likeness (QED) is 0.0723. The molecule has 66 heavy (non-hydrogen) atoms. The fourth-order valence-corrected chi connectivity index (χ4v) is 8.71. The molecular weight excluding hydrogens is 833 g/mol. The van der Waals surface area contributed by atoms with Crippen molar-refractivity contribution in [2.45, 2.75) is 83.4 Å². The summed E-state index contributed by atoms with van der Waals surface area (Å²) in [5, 5.41) is 45.0. The normalized spacial score (nSPS) is 16.0. The van der Waals surface area contributed by atoms with E-state index in [0.717, 1.165) is 54.5 Å². The largest absolute Gasteiger partial charge is 0.489 e. The van der Waals surface area contributed by atoms with Crippen LogP contribution < -0.4 is 20.1 Å². The molecule has 4 atom stereocenters. The summed E-state index contributed by atoms with van der Waals surface area (Å²) in [6, 6.07) is 39.2. The highest BCUT2D eigenvalue weighted by Gasteiger charge is 2.29. The van der Waals surface area contributed by atoms with E-state index >= 15 is 0 Å². The van der Waals surface area contributed by atoms with Crippen LogP contribution in [0.5, 0.6) is 11.5 Å². The van der Waals surface area contributed by atoms with Crippen LogP contribution in [0.3, 0.4) is 0 Å². The Hall–Kier alpha value is -7.20. The first kappa shape index (κ1) is 44.0. The molecule has 2 heterocycles. The summed E-state index contributed by atoms with van der Waals surface area (Å²) in [4.78, 5) is 14.1. The van der Waals surface area contributed by atoms with Crippen molar-refractivity contribution in [1.82, 2.24) is 30.9 Å². The SMILES string of the molecule is CC(C)Oc1ccc(-c2nc(-c3cccc4c3CCC4NCC(O)CO)no2)cc1C#[N+]CC(C)Oc1ccc(-c2nc(-c3cccc4c3CCC4NCc3ccccc3)no2)cc1C#N. The predicted octanol–water partition coefficient (Wildman–Crippen LogP) is 8.64. The molecule has 4 N–H and O–H groups in total. The smallest absolute Gasteiger partial charge is 0.315 e. The van der Waals surface area contributed by atoms with Crippen LogP contribution in [0.2, 0.25) is 0 Å². The van der Waals surface area contributed by atoms with Crippen LogP contribution in [-0.4, -0.2) is 68.5 Å². The van der Waals surface area contributed by atoms with Gasteiger partial charge in [-0.05, 0) is 111 Å². The van der Waals surface area contributed by atoms with Gasteiger partial charge < -0.3 is 39.4 Å². The van der Waals surface area contributed by atoms with E-state index < -0.39 is 12.2 Å². The maximum atomic E-state index is 10.2. The number of nitriles is 1. The van der Waals surface area contributed by atoms with Crippen LogP contribution in [0.1, 0.15) is 84.6 Å². The first-order valence-electron chi connectivity index (χ1n) is 22.4. The van der Waals surface area contributed by atoms with Gasteiger partial charge in [0.25, 0.3) is 18.3 Å². The van der Waals surface area contributed by atoms with E-state index in [1.807, 2.05) is 75.4 Å². The molecule has 0 saturated carbocycles. The molecule has 0 spiro atoms. The third-order valence-electron chi connectivity index (χ3n) is 11.9. The highest BCUT2D eigenvalue weighted by molar-refractivity contribution is 5.69. The number of nitrogens with zero attached hydrogens (tertiary/aromatic N) is 6. The third kappa shape index (κ3) is 9.73. The summed E-state index contributed by atoms with van der Waals surface area (Å²) in [6.07, 6.45) is 2.25. The van der Waals surface area contributed by atoms with Gasteiger partial charge in [0, 0.05) is 47.4 Å². The predicted molar refractivity (Wildman–Crippen MR) is 249 cm³/mol. The van der Waals surface area contributed by atoms with Crippen molar-refractivity contribution >= 4 is 0 Å². The number of nitrogens with one attached hydrogen (secondary N) is 2. The van der Waals surface area contributed by atoms with Gasteiger partial charge in [-0.15, -0.1) is 0 Å². The average molecular weight is 884 g/mol. The summed E-state index contributed by atoms with van der Waals surface area (Å²) in [5.41, 5.74) is 10.0. The number of aromatic nitrogens is 4. The second-order valence-corrected chi connectivity index (χ2v) is 17.0. The van der Waals surface area contributed by atoms with Gasteiger partial charge in [-0.1, -0.05) is 81.9 Å². The van der Waals surface area contributed by atoms with Gasteiger partial charge in [-0.3, -0.25) is 0 Å². The van der Waals surface area contributed by atoms with Crippen molar-refractivity contribution in [3.63, 3.8) is 0 Å². The molecule has 14 heteroatoms. The van der Waals surface area contributed by atoms with Gasteiger partial charge in [0.1, 0.15) is 23.1 Å². The Morgan fingerprint density at radius 2 is 1.33 bits per heavy atom. The minimum Gasteiger partial charge on any atom is -0.489 e. The molecule has 5 aromatic carbocycles. The highest BCUT2D eigenvalue weighted by Crippen LogP contribution is 2.39. The Bertz CT molecular complexity index is 2930. The molecule has 334 valence electrons. The summed E-state index contributed by atoms with van der Waals surface area (Å²) in [6.45, 7) is 6.83. The lowest BCUT2D eigenvalue weighted by molar-refractivity contribution is 0.0919. The van der Waals surface area contributed by atoms with E-state index in [0.29, 0.717) is 63.7 Å². The molecule has 14 nitrogen and oxygen atoms in total. The zero-order valence-corrected chi connectivity index (χ0v) is 37.1. The van der Waals surface area contributed by atoms with E-state index in [2.05, 4.69) is 74.3 Å². The third-order valence-corrected chi connectivity index (χ3v) is 11.9. The van der Waals surface area contributed by atoms with E-state index in [1.54, 1.807) is 12.1 Å². The van der Waals surface area contributed by atoms with Gasteiger partial charge in [0.15, 0.2) is 6.10 Å². The summed E-state index contributed by atoms with van der Waals surface area (Å²) in [5.74, 6) is 2.65. The number of aliphatic hydroxyl groups excluding tert-OH is 2. The number of hydrogen-bond acceptors (Lipinski definition) is 13. The molecule has 7 aromatic rings. The zero-order chi connectivity index (χ0) is 45.6. The second kappa shape index (κ2) is 19.9. The summed E-state index contributed by atoms with van der Waals surface area (Å²) < 4.78 is 23.9. The minimum absolute atomic E-state index is 0.0572. The molecular formula is C52H51N8O6+. The lowest BCUT2D eigenvalue weighted by Crippen LogP contribution is -2.31. The molecule has 2 aliphatic carbocycles. The summed E-state index contributed by atoms with van der Waals surface area (Å²) >= 11 is 0. The topological polar surface area (TPSA) is 189 Å². The zero-order valence-electron chi connectivity index (χ0n) is 37.1. The highest BCUT2D eigenvalue weighted by atomic mass is 16.5. The van der Waals surface area contributed by atoms with Crippen molar-refractivity contribution in [1.29, 1.82) is 5.26 Å². The van der Waals surface area contributed by atoms with Crippen molar-refractivity contribution in [3.8, 4) is 69.3 Å². The number of ether oxygens (including phenoxy) is 2. The fraction of sp³-hybridized carbons (Fsp3) is 0.308. The maximum Gasteiger partial charge on any atom is 0.315 e. The fourth-order valence-electron chi connectivity index (χ4n) is 8.71. The van der Waals surface area contributed by atoms with Gasteiger partial charge in [0.2, 0.25) is 11.6 Å². The molecule has 4 unspecified atom stereocenters. The Balaban J connectivity index is 0.863. The Morgan fingerprint density at radius 1 is 0.742 bits per heavy atom. The minimum atomic E-state index is -0.815. The van der Waals surface area contributed by atoms with Crippen molar-refractivity contribution in [2.24, 2.45) is 0 Å². The van der Waals surface area contributed by atoms with Crippen LogP contribution in [0.4, 0.5) is 0 Å². The Kier molecular flexibility index (Phi) is 13.3. The molecule has 0 aliphatic heterocycles. The monoisotopic (exact) mass is 883 g/mol. The van der Waals surface area contributed by atoms with Crippen LogP contribution >= 0.6 is 0 Å². The van der Waals surface area contributed by atoms with E-state index in [4.69, 9.17) is 28.5 Å². The number of benzene rings is 5. The van der Waals surface area contributed by atoms with Gasteiger partial charge >= 0.3 is 6.07 Å². The van der Waals surface area contributed by atoms with Gasteiger partial charge in [0.05, 0.1) is 24.4 Å². The summed E-state index contributed by atoms with van der Waals surface area (Å²) in [7, 11) is 0. The lowest BCUT2D eigenvalue weighted by Gasteiger charge is -2.16. The molecule has 0 amide bonds. The molecule has 0 radical (unpaired) electrons. The first-order valence-corrected chi connectivity index (χ1v) is 22.4. The Morgan fingerprint density at radius 3 is 1.92 bits per heavy atom. The van der Waals surface area contributed by atoms with Gasteiger partial charge in [-0.25, -0.2) is 0 Å². The Labute approximate surface area is 383 Å². The number of fused-ring (bicyclic) bond motifs is 2. The van der Waals surface area contributed by atoms with Crippen LogP contribution in [0, 0.1) is 17.4 Å². The number of aliphatic hydroxyl groups is 2. The van der Waals surface area contributed by atoms with E-state index in [1.165, 1.54) is 16.7 Å². The molecule has 0 saturated heterocycles. The van der Waals surface area contributed by atoms with Crippen molar-refractivity contribution in [3.05, 3.63) is 147 Å². The second-order valence-electron chi connectivity index (χ2n) is 17.0. The van der Waals surface area contributed by atoms with E-state index in [-0.39, 0.29) is 31.3 Å². The molecule has 2 aromatic heterocycles. The van der Waals surface area contributed by atoms with Crippen LogP contribution in [0.15, 0.2) is 112 Å². The molecule has 0 bridgehead atoms. The molecule has 0 fully saturated rings. The standard InChI is InChI=1S/C52H51N8O6/c1-31(2)63-48-22-16-35(52-58-50(60-66-52)44-14-8-12-42-40(44)18-20-46(42)56-29-38(62)30-61)24-37(48)28-54-26-32(3)64-47-21-15-34(23-36(47)25-53)51-57-49(59-65-51)43-13-7-11-41-39(43)17-19-45(41)55-27-33-9-5-4-6-10-33/h4-16,21-24,31-32,38,45-46,55-56,61-62H,17-20,26-27,29-30H2,1-3H3/q+1. The lowest BCUT2D eigenvalue weighted by atomic mass is 10.0. The van der Waals surface area contributed by atoms with E-state index in [9.17, 15) is 15.5 Å².